The Morgan fingerprint density at radius 1 is 1.07 bits per heavy atom. The fraction of sp³-hybridized carbons (Fsp3) is 0.273. The first-order chi connectivity index (χ1) is 14.5. The Morgan fingerprint density at radius 3 is 2.53 bits per heavy atom. The molecule has 1 saturated carbocycles. The molecule has 0 unspecified atom stereocenters. The number of carbonyl (C=O) groups is 3. The predicted molar refractivity (Wildman–Crippen MR) is 113 cm³/mol. The van der Waals surface area contributed by atoms with Gasteiger partial charge in [0.1, 0.15) is 23.2 Å². The third-order valence-electron chi connectivity index (χ3n) is 5.07. The minimum absolute atomic E-state index is 0.0163. The molecule has 2 fully saturated rings. The lowest BCUT2D eigenvalue weighted by Crippen LogP contribution is -2.51. The van der Waals surface area contributed by atoms with Gasteiger partial charge in [0, 0.05) is 5.56 Å². The average Bonchev–Trinajstić information content (AvgIpc) is 3.20. The molecule has 1 aliphatic carbocycles. The predicted octanol–water partition coefficient (Wildman–Crippen LogP) is 3.35. The summed E-state index contributed by atoms with van der Waals surface area (Å²) >= 11 is 4.78. The smallest absolute Gasteiger partial charge is 0.338 e. The van der Waals surface area contributed by atoms with Gasteiger partial charge in [-0.2, -0.15) is 0 Å². The van der Waals surface area contributed by atoms with Crippen molar-refractivity contribution in [2.45, 2.75) is 38.2 Å². The molecule has 2 amide bonds. The number of rotatable bonds is 4. The molecular weight excluding hydrogens is 404 g/mol. The summed E-state index contributed by atoms with van der Waals surface area (Å²) in [5.74, 6) is -0.693. The van der Waals surface area contributed by atoms with Crippen molar-refractivity contribution in [1.82, 2.24) is 10.6 Å². The molecule has 0 radical (unpaired) electrons. The minimum Gasteiger partial charge on any atom is -0.459 e. The summed E-state index contributed by atoms with van der Waals surface area (Å²) in [5, 5.41) is 4.71. The van der Waals surface area contributed by atoms with Crippen LogP contribution >= 0.6 is 12.2 Å². The van der Waals surface area contributed by atoms with E-state index >= 15 is 0 Å². The molecule has 2 N–H and O–H groups in total. The highest BCUT2D eigenvalue weighted by molar-refractivity contribution is 7.80. The maximum Gasteiger partial charge on any atom is 0.338 e. The molecule has 1 aromatic heterocycles. The topological polar surface area (TPSA) is 97.6 Å². The maximum absolute atomic E-state index is 12.5. The molecular formula is C22H20N2O5S. The lowest BCUT2D eigenvalue weighted by atomic mass is 9.98. The van der Waals surface area contributed by atoms with Crippen molar-refractivity contribution >= 4 is 41.2 Å². The number of hydrogen-bond acceptors (Lipinski definition) is 6. The zero-order valence-corrected chi connectivity index (χ0v) is 16.9. The molecule has 4 rings (SSSR count). The van der Waals surface area contributed by atoms with Gasteiger partial charge in [-0.3, -0.25) is 20.2 Å². The van der Waals surface area contributed by atoms with E-state index < -0.39 is 11.8 Å². The fourth-order valence-corrected chi connectivity index (χ4v) is 3.72. The Bertz CT molecular complexity index is 1030. The average molecular weight is 424 g/mol. The second-order valence-corrected chi connectivity index (χ2v) is 7.65. The van der Waals surface area contributed by atoms with Crippen LogP contribution in [-0.2, 0) is 14.3 Å². The third kappa shape index (κ3) is 4.49. The van der Waals surface area contributed by atoms with E-state index in [2.05, 4.69) is 10.6 Å². The zero-order chi connectivity index (χ0) is 21.1. The van der Waals surface area contributed by atoms with E-state index in [4.69, 9.17) is 21.4 Å². The van der Waals surface area contributed by atoms with Gasteiger partial charge in [0.2, 0.25) is 0 Å². The molecule has 0 atom stereocenters. The van der Waals surface area contributed by atoms with Crippen molar-refractivity contribution in [1.29, 1.82) is 0 Å². The van der Waals surface area contributed by atoms with Gasteiger partial charge in [-0.1, -0.05) is 18.6 Å². The highest BCUT2D eigenvalue weighted by atomic mass is 32.1. The normalized spacial score (nSPS) is 17.3. The Kier molecular flexibility index (Phi) is 5.76. The van der Waals surface area contributed by atoms with Crippen LogP contribution in [0.15, 0.2) is 46.4 Å². The van der Waals surface area contributed by atoms with E-state index in [1.165, 1.54) is 12.5 Å². The van der Waals surface area contributed by atoms with E-state index in [0.717, 1.165) is 25.7 Å². The first-order valence-corrected chi connectivity index (χ1v) is 10.2. The second-order valence-electron chi connectivity index (χ2n) is 7.24. The van der Waals surface area contributed by atoms with E-state index in [1.54, 1.807) is 30.3 Å². The van der Waals surface area contributed by atoms with Gasteiger partial charge in [-0.25, -0.2) is 4.79 Å². The monoisotopic (exact) mass is 424 g/mol. The van der Waals surface area contributed by atoms with E-state index in [9.17, 15) is 14.4 Å². The molecule has 2 heterocycles. The van der Waals surface area contributed by atoms with Gasteiger partial charge in [-0.15, -0.1) is 0 Å². The van der Waals surface area contributed by atoms with Gasteiger partial charge in [0.15, 0.2) is 5.11 Å². The number of ether oxygens (including phenoxy) is 1. The number of nitrogens with one attached hydrogen (secondary N) is 2. The highest BCUT2D eigenvalue weighted by Crippen LogP contribution is 2.26. The Hall–Kier alpha value is -3.26. The molecule has 1 aliphatic heterocycles. The first kappa shape index (κ1) is 20.0. The number of amides is 2. The van der Waals surface area contributed by atoms with Gasteiger partial charge in [-0.05, 0) is 68.2 Å². The lowest BCUT2D eigenvalue weighted by molar-refractivity contribution is -0.123. The summed E-state index contributed by atoms with van der Waals surface area (Å²) in [7, 11) is 0. The molecule has 0 bridgehead atoms. The summed E-state index contributed by atoms with van der Waals surface area (Å²) in [6.07, 6.45) is 6.52. The van der Waals surface area contributed by atoms with Crippen LogP contribution in [0.1, 0.15) is 48.2 Å². The SMILES string of the molecule is O=C1NC(=S)NC(=O)C1=Cc1ccc(-c2cccc(C(=O)OC3CCCCC3)c2)o1. The second kappa shape index (κ2) is 8.62. The van der Waals surface area contributed by atoms with Crippen molar-refractivity contribution in [3.05, 3.63) is 53.3 Å². The van der Waals surface area contributed by atoms with Gasteiger partial charge in [0.05, 0.1) is 5.56 Å². The number of hydrogen-bond donors (Lipinski definition) is 2. The van der Waals surface area contributed by atoms with Crippen LogP contribution in [0.2, 0.25) is 0 Å². The summed E-state index contributed by atoms with van der Waals surface area (Å²) in [5.41, 5.74) is 1.04. The quantitative estimate of drug-likeness (QED) is 0.338. The van der Waals surface area contributed by atoms with Crippen LogP contribution in [-0.4, -0.2) is 29.0 Å². The Labute approximate surface area is 178 Å². The molecule has 8 heteroatoms. The van der Waals surface area contributed by atoms with Crippen LogP contribution in [0.3, 0.4) is 0 Å². The van der Waals surface area contributed by atoms with Crippen LogP contribution in [0.25, 0.3) is 17.4 Å². The molecule has 30 heavy (non-hydrogen) atoms. The summed E-state index contributed by atoms with van der Waals surface area (Å²) in [6, 6.07) is 10.3. The van der Waals surface area contributed by atoms with E-state index in [0.29, 0.717) is 22.6 Å². The lowest BCUT2D eigenvalue weighted by Gasteiger charge is -2.21. The van der Waals surface area contributed by atoms with Crippen molar-refractivity contribution in [3.63, 3.8) is 0 Å². The standard InChI is InChI=1S/C22H20N2O5S/c25-19-17(20(26)24-22(30)23-19)12-16-9-10-18(28-16)13-5-4-6-14(11-13)21(27)29-15-7-2-1-3-8-15/h4-6,9-12,15H,1-3,7-8H2,(H2,23,24,25,26,30). The zero-order valence-electron chi connectivity index (χ0n) is 16.1. The summed E-state index contributed by atoms with van der Waals surface area (Å²) < 4.78 is 11.4. The fourth-order valence-electron chi connectivity index (χ4n) is 3.54. The van der Waals surface area contributed by atoms with Crippen molar-refractivity contribution in [2.75, 3.05) is 0 Å². The largest absolute Gasteiger partial charge is 0.459 e. The van der Waals surface area contributed by atoms with E-state index in [-0.39, 0.29) is 22.8 Å². The highest BCUT2D eigenvalue weighted by Gasteiger charge is 2.26. The Balaban J connectivity index is 1.51. The van der Waals surface area contributed by atoms with E-state index in [1.807, 2.05) is 6.07 Å². The van der Waals surface area contributed by atoms with Crippen LogP contribution in [0.4, 0.5) is 0 Å². The van der Waals surface area contributed by atoms with Crippen molar-refractivity contribution in [3.8, 4) is 11.3 Å². The van der Waals surface area contributed by atoms with Gasteiger partial charge in [0.25, 0.3) is 11.8 Å². The van der Waals surface area contributed by atoms with Gasteiger partial charge >= 0.3 is 5.97 Å². The summed E-state index contributed by atoms with van der Waals surface area (Å²) in [4.78, 5) is 36.4. The first-order valence-electron chi connectivity index (χ1n) is 9.79. The van der Waals surface area contributed by atoms with Crippen molar-refractivity contribution in [2.24, 2.45) is 0 Å². The van der Waals surface area contributed by atoms with Crippen LogP contribution in [0.5, 0.6) is 0 Å². The molecule has 0 spiro atoms. The molecule has 154 valence electrons. The molecule has 2 aromatic rings. The van der Waals surface area contributed by atoms with Gasteiger partial charge < -0.3 is 9.15 Å². The Morgan fingerprint density at radius 2 is 1.80 bits per heavy atom. The molecule has 1 aromatic carbocycles. The summed E-state index contributed by atoms with van der Waals surface area (Å²) in [6.45, 7) is 0. The number of esters is 1. The third-order valence-corrected chi connectivity index (χ3v) is 5.27. The number of thiocarbonyl (C=S) groups is 1. The molecule has 1 saturated heterocycles. The number of furan rings is 1. The molecule has 2 aliphatic rings. The minimum atomic E-state index is -0.589. The van der Waals surface area contributed by atoms with Crippen LogP contribution in [0, 0.1) is 0 Å². The van der Waals surface area contributed by atoms with Crippen molar-refractivity contribution < 1.29 is 23.5 Å². The number of benzene rings is 1. The van der Waals surface area contributed by atoms with Crippen LogP contribution < -0.4 is 10.6 Å². The maximum atomic E-state index is 12.5. The molecule has 7 nitrogen and oxygen atoms in total. The number of carbonyl (C=O) groups excluding carboxylic acids is 3.